The highest BCUT2D eigenvalue weighted by Crippen LogP contribution is 2.44. The Hall–Kier alpha value is -1.13. The molecule has 1 atom stereocenters. The highest BCUT2D eigenvalue weighted by atomic mass is 16.7. The van der Waals surface area contributed by atoms with Gasteiger partial charge < -0.3 is 18.6 Å². The molecule has 1 aromatic carbocycles. The Morgan fingerprint density at radius 3 is 2.40 bits per heavy atom. The summed E-state index contributed by atoms with van der Waals surface area (Å²) in [5, 5.41) is 0. The summed E-state index contributed by atoms with van der Waals surface area (Å²) >= 11 is 0. The third kappa shape index (κ3) is 2.11. The highest BCUT2D eigenvalue weighted by Gasteiger charge is 2.52. The van der Waals surface area contributed by atoms with Crippen LogP contribution in [0.4, 0.5) is 0 Å². The fourth-order valence-electron chi connectivity index (χ4n) is 2.99. The van der Waals surface area contributed by atoms with Crippen LogP contribution in [-0.4, -0.2) is 25.4 Å². The molecule has 0 amide bonds. The molecule has 6 heteroatoms. The van der Waals surface area contributed by atoms with Crippen LogP contribution in [0.5, 0.6) is 11.5 Å². The zero-order chi connectivity index (χ0) is 14.5. The second-order valence-electron chi connectivity index (χ2n) is 6.27. The molecule has 1 aromatic rings. The van der Waals surface area contributed by atoms with Crippen LogP contribution >= 0.6 is 0 Å². The van der Waals surface area contributed by atoms with E-state index in [1.165, 1.54) is 0 Å². The van der Waals surface area contributed by atoms with E-state index in [-0.39, 0.29) is 19.8 Å². The Kier molecular flexibility index (Phi) is 3.07. The van der Waals surface area contributed by atoms with Gasteiger partial charge in [-0.2, -0.15) is 0 Å². The van der Waals surface area contributed by atoms with Gasteiger partial charge in [0.05, 0.1) is 11.2 Å². The fraction of sp³-hybridized carbons (Fsp3) is 0.571. The van der Waals surface area contributed by atoms with Gasteiger partial charge in [0, 0.05) is 6.42 Å². The van der Waals surface area contributed by atoms with Gasteiger partial charge in [-0.15, -0.1) is 0 Å². The molecule has 106 valence electrons. The molecule has 3 rings (SSSR count). The number of rotatable bonds is 2. The van der Waals surface area contributed by atoms with Gasteiger partial charge in [0.1, 0.15) is 11.5 Å². The van der Waals surface area contributed by atoms with E-state index >= 15 is 0 Å². The Morgan fingerprint density at radius 1 is 1.00 bits per heavy atom. The topological polar surface area (TPSA) is 36.9 Å². The van der Waals surface area contributed by atoms with Crippen molar-refractivity contribution in [2.75, 3.05) is 0 Å². The molecule has 0 bridgehead atoms. The number of hydrogen-bond acceptors (Lipinski definition) is 4. The minimum Gasteiger partial charge on any atom is -0.523 e. The molecule has 0 N–H and O–H groups in total. The second kappa shape index (κ2) is 4.43. The third-order valence-corrected chi connectivity index (χ3v) is 4.33. The summed E-state index contributed by atoms with van der Waals surface area (Å²) in [6.45, 7) is 10.1. The third-order valence-electron chi connectivity index (χ3n) is 4.33. The van der Waals surface area contributed by atoms with Gasteiger partial charge in [0.25, 0.3) is 0 Å². The Balaban J connectivity index is 1.91. The molecule has 20 heavy (non-hydrogen) atoms. The van der Waals surface area contributed by atoms with Crippen molar-refractivity contribution in [2.45, 2.75) is 52.0 Å². The van der Waals surface area contributed by atoms with Crippen molar-refractivity contribution in [3.8, 4) is 11.5 Å². The first-order valence-corrected chi connectivity index (χ1v) is 7.12. The number of hydrogen-bond donors (Lipinski definition) is 0. The van der Waals surface area contributed by atoms with E-state index in [0.717, 1.165) is 23.5 Å². The van der Waals surface area contributed by atoms with Crippen LogP contribution in [0.1, 0.15) is 26.3 Å². The van der Waals surface area contributed by atoms with Crippen molar-refractivity contribution in [3.05, 3.63) is 23.8 Å². The van der Waals surface area contributed by atoms with Gasteiger partial charge in [-0.05, 0) is 46.0 Å². The van der Waals surface area contributed by atoms with E-state index in [2.05, 4.69) is 26.8 Å². The van der Waals surface area contributed by atoms with Gasteiger partial charge in [-0.25, -0.2) is 0 Å². The molecule has 2 heterocycles. The summed E-state index contributed by atoms with van der Waals surface area (Å²) in [5.41, 5.74) is 0.358. The van der Waals surface area contributed by atoms with Gasteiger partial charge in [0.2, 0.25) is 0 Å². The lowest BCUT2D eigenvalue weighted by Gasteiger charge is -2.36. The van der Waals surface area contributed by atoms with Crippen LogP contribution in [0.2, 0.25) is 13.6 Å². The van der Waals surface area contributed by atoms with E-state index in [1.54, 1.807) is 0 Å². The van der Waals surface area contributed by atoms with Gasteiger partial charge in [0.15, 0.2) is 0 Å². The number of fused-ring (bicyclic) bond motifs is 1. The van der Waals surface area contributed by atoms with Crippen LogP contribution < -0.4 is 9.31 Å². The van der Waals surface area contributed by atoms with Gasteiger partial charge in [-0.3, -0.25) is 0 Å². The standard InChI is InChI=1S/C14H20B2O4/c1-13(2)14(3,20-16(5)19-13)9-10-7-6-8-11-12(10)18-15(4)17-11/h6-8H,9H2,1-5H3. The molecule has 4 nitrogen and oxygen atoms in total. The SMILES string of the molecule is CB1Oc2cccc(CC3(C)OB(C)OC3(C)C)c2O1. The average molecular weight is 274 g/mol. The van der Waals surface area contributed by atoms with Crippen molar-refractivity contribution >= 4 is 14.2 Å². The molecule has 2 aliphatic heterocycles. The van der Waals surface area contributed by atoms with Crippen LogP contribution in [0.3, 0.4) is 0 Å². The zero-order valence-electron chi connectivity index (χ0n) is 12.7. The van der Waals surface area contributed by atoms with E-state index < -0.39 is 5.60 Å². The fourth-order valence-corrected chi connectivity index (χ4v) is 2.99. The minimum absolute atomic E-state index is 0.192. The molecule has 1 fully saturated rings. The second-order valence-corrected chi connectivity index (χ2v) is 6.27. The highest BCUT2D eigenvalue weighted by molar-refractivity contribution is 6.46. The zero-order valence-corrected chi connectivity index (χ0v) is 12.7. The van der Waals surface area contributed by atoms with Crippen molar-refractivity contribution < 1.29 is 18.6 Å². The molecule has 0 aromatic heterocycles. The van der Waals surface area contributed by atoms with Crippen LogP contribution in [0, 0.1) is 0 Å². The summed E-state index contributed by atoms with van der Waals surface area (Å²) in [6, 6.07) is 5.99. The summed E-state index contributed by atoms with van der Waals surface area (Å²) in [5.74, 6) is 1.64. The molecule has 0 spiro atoms. The number of para-hydroxylation sites is 1. The van der Waals surface area contributed by atoms with Crippen LogP contribution in [0.25, 0.3) is 0 Å². The molecule has 0 radical (unpaired) electrons. The van der Waals surface area contributed by atoms with Crippen LogP contribution in [0.15, 0.2) is 18.2 Å². The lowest BCUT2D eigenvalue weighted by molar-refractivity contribution is -0.00896. The molecule has 0 aliphatic carbocycles. The Labute approximate surface area is 121 Å². The minimum atomic E-state index is -0.392. The molecular weight excluding hydrogens is 254 g/mol. The Morgan fingerprint density at radius 2 is 1.75 bits per heavy atom. The van der Waals surface area contributed by atoms with Crippen LogP contribution in [-0.2, 0) is 15.7 Å². The Bertz CT molecular complexity index is 534. The predicted molar refractivity (Wildman–Crippen MR) is 79.3 cm³/mol. The maximum absolute atomic E-state index is 6.04. The summed E-state index contributed by atoms with van der Waals surface area (Å²) in [7, 11) is -0.422. The summed E-state index contributed by atoms with van der Waals surface area (Å²) in [6.07, 6.45) is 0.726. The summed E-state index contributed by atoms with van der Waals surface area (Å²) < 4.78 is 23.3. The monoisotopic (exact) mass is 274 g/mol. The maximum atomic E-state index is 6.04. The lowest BCUT2D eigenvalue weighted by Crippen LogP contribution is -2.46. The lowest BCUT2D eigenvalue weighted by atomic mass is 9.82. The van der Waals surface area contributed by atoms with E-state index in [4.69, 9.17) is 18.6 Å². The van der Waals surface area contributed by atoms with Crippen molar-refractivity contribution in [1.82, 2.24) is 0 Å². The van der Waals surface area contributed by atoms with Crippen molar-refractivity contribution in [3.63, 3.8) is 0 Å². The van der Waals surface area contributed by atoms with Gasteiger partial charge >= 0.3 is 14.2 Å². The maximum Gasteiger partial charge on any atom is 0.591 e. The molecule has 2 aliphatic rings. The molecular formula is C14H20B2O4. The quantitative estimate of drug-likeness (QED) is 0.777. The van der Waals surface area contributed by atoms with E-state index in [1.807, 2.05) is 25.8 Å². The molecule has 1 unspecified atom stereocenters. The van der Waals surface area contributed by atoms with Crippen molar-refractivity contribution in [1.29, 1.82) is 0 Å². The smallest absolute Gasteiger partial charge is 0.523 e. The average Bonchev–Trinajstić information content (AvgIpc) is 2.77. The first-order valence-electron chi connectivity index (χ1n) is 7.12. The van der Waals surface area contributed by atoms with E-state index in [9.17, 15) is 0 Å². The molecule has 0 saturated carbocycles. The van der Waals surface area contributed by atoms with Crippen molar-refractivity contribution in [2.24, 2.45) is 0 Å². The van der Waals surface area contributed by atoms with E-state index in [0.29, 0.717) is 0 Å². The first kappa shape index (κ1) is 13.8. The predicted octanol–water partition coefficient (Wildman–Crippen LogP) is 2.82. The summed E-state index contributed by atoms with van der Waals surface area (Å²) in [4.78, 5) is 0. The van der Waals surface area contributed by atoms with Gasteiger partial charge in [-0.1, -0.05) is 12.1 Å². The normalized spacial score (nSPS) is 27.2. The first-order chi connectivity index (χ1) is 9.31. The number of benzene rings is 1. The molecule has 1 saturated heterocycles. The largest absolute Gasteiger partial charge is 0.591 e.